The van der Waals surface area contributed by atoms with Gasteiger partial charge in [-0.2, -0.15) is 0 Å². The molecule has 32 heavy (non-hydrogen) atoms. The number of para-hydroxylation sites is 1. The maximum absolute atomic E-state index is 13.4. The summed E-state index contributed by atoms with van der Waals surface area (Å²) >= 11 is 0. The molecule has 0 aliphatic rings. The number of carbonyl (C=O) groups is 1. The van der Waals surface area contributed by atoms with Crippen molar-refractivity contribution in [1.82, 2.24) is 4.57 Å². The summed E-state index contributed by atoms with van der Waals surface area (Å²) in [6, 6.07) is 23.6. The summed E-state index contributed by atoms with van der Waals surface area (Å²) in [4.78, 5) is 26.3. The standard InChI is InChI=1S/C27H27N3O2/c1-18-9-11-20(3)24(13-18)29-26(31)17-30-25-14-19(2)10-12-21(25)15-22(27(30)32)16-28-23-7-5-4-6-8-23/h4-15,28H,16-17H2,1-3H3,(H,29,31). The molecule has 0 bridgehead atoms. The minimum absolute atomic E-state index is 0.0503. The molecule has 5 heteroatoms. The van der Waals surface area contributed by atoms with E-state index in [1.165, 1.54) is 0 Å². The number of anilines is 2. The van der Waals surface area contributed by atoms with E-state index >= 15 is 0 Å². The van der Waals surface area contributed by atoms with Crippen LogP contribution in [0.5, 0.6) is 0 Å². The molecule has 4 aromatic rings. The molecule has 1 aromatic heterocycles. The van der Waals surface area contributed by atoms with Crippen LogP contribution in [0.15, 0.2) is 77.6 Å². The first kappa shape index (κ1) is 21.4. The van der Waals surface area contributed by atoms with Crippen molar-refractivity contribution in [1.29, 1.82) is 0 Å². The zero-order chi connectivity index (χ0) is 22.7. The lowest BCUT2D eigenvalue weighted by molar-refractivity contribution is -0.116. The third-order valence-electron chi connectivity index (χ3n) is 5.55. The van der Waals surface area contributed by atoms with Gasteiger partial charge in [0.1, 0.15) is 6.54 Å². The van der Waals surface area contributed by atoms with Crippen LogP contribution in [0.2, 0.25) is 0 Å². The smallest absolute Gasteiger partial charge is 0.256 e. The first-order chi connectivity index (χ1) is 15.4. The maximum atomic E-state index is 13.4. The fraction of sp³-hybridized carbons (Fsp3) is 0.185. The highest BCUT2D eigenvalue weighted by Crippen LogP contribution is 2.19. The highest BCUT2D eigenvalue weighted by molar-refractivity contribution is 5.92. The predicted molar refractivity (Wildman–Crippen MR) is 131 cm³/mol. The number of hydrogen-bond acceptors (Lipinski definition) is 3. The van der Waals surface area contributed by atoms with Crippen LogP contribution in [0, 0.1) is 20.8 Å². The molecule has 5 nitrogen and oxygen atoms in total. The number of hydrogen-bond donors (Lipinski definition) is 2. The SMILES string of the molecule is Cc1ccc(C)c(NC(=O)Cn2c(=O)c(CNc3ccccc3)cc3ccc(C)cc32)c1. The van der Waals surface area contributed by atoms with Gasteiger partial charge >= 0.3 is 0 Å². The molecule has 0 aliphatic heterocycles. The molecule has 0 fully saturated rings. The first-order valence-electron chi connectivity index (χ1n) is 10.7. The molecular weight excluding hydrogens is 398 g/mol. The number of aryl methyl sites for hydroxylation is 3. The summed E-state index contributed by atoms with van der Waals surface area (Å²) in [5.41, 5.74) is 6.01. The number of rotatable bonds is 6. The molecule has 4 rings (SSSR count). The number of pyridine rings is 1. The van der Waals surface area contributed by atoms with Crippen molar-refractivity contribution in [2.45, 2.75) is 33.9 Å². The van der Waals surface area contributed by atoms with Gasteiger partial charge in [0.2, 0.25) is 5.91 Å². The monoisotopic (exact) mass is 425 g/mol. The van der Waals surface area contributed by atoms with Crippen LogP contribution in [0.25, 0.3) is 10.9 Å². The molecule has 0 aliphatic carbocycles. The van der Waals surface area contributed by atoms with E-state index in [1.54, 1.807) is 4.57 Å². The molecule has 2 N–H and O–H groups in total. The lowest BCUT2D eigenvalue weighted by atomic mass is 10.1. The van der Waals surface area contributed by atoms with Crippen LogP contribution >= 0.6 is 0 Å². The summed E-state index contributed by atoms with van der Waals surface area (Å²) in [5.74, 6) is -0.225. The minimum Gasteiger partial charge on any atom is -0.381 e. The fourth-order valence-electron chi connectivity index (χ4n) is 3.78. The highest BCUT2D eigenvalue weighted by atomic mass is 16.2. The number of nitrogens with zero attached hydrogens (tertiary/aromatic N) is 1. The lowest BCUT2D eigenvalue weighted by Crippen LogP contribution is -2.31. The Morgan fingerprint density at radius 3 is 2.38 bits per heavy atom. The van der Waals surface area contributed by atoms with Crippen LogP contribution < -0.4 is 16.2 Å². The van der Waals surface area contributed by atoms with Crippen molar-refractivity contribution in [3.8, 4) is 0 Å². The van der Waals surface area contributed by atoms with Crippen molar-refractivity contribution in [2.24, 2.45) is 0 Å². The number of carbonyl (C=O) groups excluding carboxylic acids is 1. The Morgan fingerprint density at radius 2 is 1.59 bits per heavy atom. The van der Waals surface area contributed by atoms with Crippen LogP contribution in [0.3, 0.4) is 0 Å². The van der Waals surface area contributed by atoms with Gasteiger partial charge in [-0.05, 0) is 73.2 Å². The summed E-state index contributed by atoms with van der Waals surface area (Å²) in [7, 11) is 0. The normalized spacial score (nSPS) is 10.8. The van der Waals surface area contributed by atoms with Gasteiger partial charge in [-0.25, -0.2) is 0 Å². The number of nitrogens with one attached hydrogen (secondary N) is 2. The molecule has 0 atom stereocenters. The Labute approximate surface area is 187 Å². The molecule has 0 spiro atoms. The summed E-state index contributed by atoms with van der Waals surface area (Å²) < 4.78 is 1.57. The zero-order valence-electron chi connectivity index (χ0n) is 18.6. The van der Waals surface area contributed by atoms with Crippen LogP contribution in [0.1, 0.15) is 22.3 Å². The van der Waals surface area contributed by atoms with E-state index in [4.69, 9.17) is 0 Å². The Kier molecular flexibility index (Phi) is 6.08. The van der Waals surface area contributed by atoms with Gasteiger partial charge in [-0.3, -0.25) is 14.2 Å². The quantitative estimate of drug-likeness (QED) is 0.448. The van der Waals surface area contributed by atoms with Gasteiger partial charge in [-0.1, -0.05) is 42.5 Å². The summed E-state index contributed by atoms with van der Waals surface area (Å²) in [6.45, 7) is 6.25. The minimum atomic E-state index is -0.225. The number of aromatic nitrogens is 1. The second-order valence-electron chi connectivity index (χ2n) is 8.21. The molecule has 1 heterocycles. The van der Waals surface area contributed by atoms with E-state index in [2.05, 4.69) is 10.6 Å². The van der Waals surface area contributed by atoms with Gasteiger partial charge in [0.25, 0.3) is 5.56 Å². The second-order valence-corrected chi connectivity index (χ2v) is 8.21. The average molecular weight is 426 g/mol. The number of fused-ring (bicyclic) bond motifs is 1. The molecule has 0 radical (unpaired) electrons. The molecule has 0 saturated carbocycles. The Balaban J connectivity index is 1.67. The van der Waals surface area contributed by atoms with Gasteiger partial charge in [0, 0.05) is 23.5 Å². The Bertz CT molecular complexity index is 1340. The zero-order valence-corrected chi connectivity index (χ0v) is 18.6. The molecular formula is C27H27N3O2. The van der Waals surface area contributed by atoms with Gasteiger partial charge in [0.05, 0.1) is 5.52 Å². The molecule has 1 amide bonds. The maximum Gasteiger partial charge on any atom is 0.256 e. The second kappa shape index (κ2) is 9.10. The molecule has 0 saturated heterocycles. The average Bonchev–Trinajstić information content (AvgIpc) is 2.78. The number of amides is 1. The van der Waals surface area contributed by atoms with Crippen LogP contribution in [-0.2, 0) is 17.9 Å². The van der Waals surface area contributed by atoms with Crippen molar-refractivity contribution in [3.05, 3.63) is 105 Å². The predicted octanol–water partition coefficient (Wildman–Crippen LogP) is 5.18. The van der Waals surface area contributed by atoms with E-state index in [9.17, 15) is 9.59 Å². The summed E-state index contributed by atoms with van der Waals surface area (Å²) in [6.07, 6.45) is 0. The van der Waals surface area contributed by atoms with Crippen molar-refractivity contribution < 1.29 is 4.79 Å². The first-order valence-corrected chi connectivity index (χ1v) is 10.7. The third kappa shape index (κ3) is 4.72. The largest absolute Gasteiger partial charge is 0.381 e. The van der Waals surface area contributed by atoms with Crippen molar-refractivity contribution in [3.63, 3.8) is 0 Å². The fourth-order valence-corrected chi connectivity index (χ4v) is 3.78. The third-order valence-corrected chi connectivity index (χ3v) is 5.55. The van der Waals surface area contributed by atoms with Gasteiger partial charge in [-0.15, -0.1) is 0 Å². The van der Waals surface area contributed by atoms with Gasteiger partial charge in [0.15, 0.2) is 0 Å². The van der Waals surface area contributed by atoms with E-state index in [0.717, 1.165) is 39.0 Å². The lowest BCUT2D eigenvalue weighted by Gasteiger charge is -2.15. The highest BCUT2D eigenvalue weighted by Gasteiger charge is 2.14. The Morgan fingerprint density at radius 1 is 0.875 bits per heavy atom. The van der Waals surface area contributed by atoms with Gasteiger partial charge < -0.3 is 10.6 Å². The molecule has 3 aromatic carbocycles. The van der Waals surface area contributed by atoms with E-state index in [0.29, 0.717) is 12.1 Å². The van der Waals surface area contributed by atoms with E-state index < -0.39 is 0 Å². The van der Waals surface area contributed by atoms with Crippen molar-refractivity contribution >= 4 is 28.2 Å². The van der Waals surface area contributed by atoms with Crippen LogP contribution in [0.4, 0.5) is 11.4 Å². The topological polar surface area (TPSA) is 63.1 Å². The number of benzene rings is 3. The Hall–Kier alpha value is -3.86. The summed E-state index contributed by atoms with van der Waals surface area (Å²) in [5, 5.41) is 7.20. The molecule has 162 valence electrons. The van der Waals surface area contributed by atoms with E-state index in [1.807, 2.05) is 93.6 Å². The molecule has 0 unspecified atom stereocenters. The van der Waals surface area contributed by atoms with E-state index in [-0.39, 0.29) is 18.0 Å². The van der Waals surface area contributed by atoms with Crippen molar-refractivity contribution in [2.75, 3.05) is 10.6 Å². The van der Waals surface area contributed by atoms with Crippen LogP contribution in [-0.4, -0.2) is 10.5 Å².